The number of nitrogens with zero attached hydrogens (tertiary/aromatic N) is 3. The minimum atomic E-state index is -4.86. The lowest BCUT2D eigenvalue weighted by Crippen LogP contribution is -2.26. The highest BCUT2D eigenvalue weighted by Crippen LogP contribution is 2.29. The lowest BCUT2D eigenvalue weighted by Gasteiger charge is -2.09. The molecule has 1 aromatic carbocycles. The monoisotopic (exact) mass is 286 g/mol. The van der Waals surface area contributed by atoms with E-state index in [1.165, 1.54) is 0 Å². The summed E-state index contributed by atoms with van der Waals surface area (Å²) in [5, 5.41) is 8.83. The maximum Gasteiger partial charge on any atom is 0.573 e. The van der Waals surface area contributed by atoms with Gasteiger partial charge in [0.2, 0.25) is 5.96 Å². The second-order valence-corrected chi connectivity index (χ2v) is 3.35. The summed E-state index contributed by atoms with van der Waals surface area (Å²) >= 11 is 0. The van der Waals surface area contributed by atoms with Crippen LogP contribution in [0.15, 0.2) is 28.2 Å². The van der Waals surface area contributed by atoms with Crippen molar-refractivity contribution in [3.05, 3.63) is 23.8 Å². The molecule has 0 fully saturated rings. The highest BCUT2D eigenvalue weighted by molar-refractivity contribution is 5.93. The molecule has 7 nitrogen and oxygen atoms in total. The van der Waals surface area contributed by atoms with Gasteiger partial charge in [0, 0.05) is 6.07 Å². The van der Waals surface area contributed by atoms with E-state index in [1.807, 2.05) is 0 Å². The summed E-state index contributed by atoms with van der Waals surface area (Å²) in [6.07, 6.45) is -4.86. The molecule has 0 radical (unpaired) electrons. The van der Waals surface area contributed by atoms with Gasteiger partial charge in [-0.05, 0) is 12.1 Å². The van der Waals surface area contributed by atoms with Crippen LogP contribution in [0.5, 0.6) is 5.75 Å². The summed E-state index contributed by atoms with van der Waals surface area (Å²) in [6, 6.07) is 4.70. The highest BCUT2D eigenvalue weighted by Gasteiger charge is 2.31. The first-order valence-corrected chi connectivity index (χ1v) is 4.95. The lowest BCUT2D eigenvalue weighted by molar-refractivity contribution is -0.274. The van der Waals surface area contributed by atoms with E-state index in [-0.39, 0.29) is 17.2 Å². The molecule has 0 aromatic heterocycles. The summed E-state index contributed by atoms with van der Waals surface area (Å²) in [5.41, 5.74) is 15.3. The SMILES string of the molecule is N#Cc1ccc(OC(F)(F)F)cc1N=C(N)N=C(N)N. The van der Waals surface area contributed by atoms with Crippen LogP contribution in [-0.4, -0.2) is 18.3 Å². The third-order valence-electron chi connectivity index (χ3n) is 1.80. The number of nitrogens with two attached hydrogens (primary N) is 3. The van der Waals surface area contributed by atoms with E-state index in [9.17, 15) is 13.2 Å². The topological polar surface area (TPSA) is 136 Å². The van der Waals surface area contributed by atoms with Gasteiger partial charge in [-0.1, -0.05) is 0 Å². The molecule has 0 heterocycles. The molecular formula is C10H9F3N6O. The fourth-order valence-corrected chi connectivity index (χ4v) is 1.18. The number of hydrogen-bond donors (Lipinski definition) is 3. The second-order valence-electron chi connectivity index (χ2n) is 3.35. The number of guanidine groups is 2. The molecule has 0 saturated carbocycles. The number of rotatable bonds is 2. The van der Waals surface area contributed by atoms with Gasteiger partial charge in [0.05, 0.1) is 11.3 Å². The van der Waals surface area contributed by atoms with Gasteiger partial charge in [-0.2, -0.15) is 10.3 Å². The highest BCUT2D eigenvalue weighted by atomic mass is 19.4. The minimum Gasteiger partial charge on any atom is -0.406 e. The van der Waals surface area contributed by atoms with Crippen LogP contribution < -0.4 is 21.9 Å². The van der Waals surface area contributed by atoms with Gasteiger partial charge in [-0.25, -0.2) is 4.99 Å². The van der Waals surface area contributed by atoms with Crippen LogP contribution in [0.1, 0.15) is 5.56 Å². The van der Waals surface area contributed by atoms with E-state index in [2.05, 4.69) is 14.7 Å². The van der Waals surface area contributed by atoms with Crippen molar-refractivity contribution >= 4 is 17.6 Å². The van der Waals surface area contributed by atoms with E-state index in [4.69, 9.17) is 22.5 Å². The van der Waals surface area contributed by atoms with Crippen molar-refractivity contribution in [3.8, 4) is 11.8 Å². The maximum atomic E-state index is 12.1. The van der Waals surface area contributed by atoms with E-state index >= 15 is 0 Å². The fourth-order valence-electron chi connectivity index (χ4n) is 1.18. The van der Waals surface area contributed by atoms with Crippen LogP contribution >= 0.6 is 0 Å². The van der Waals surface area contributed by atoms with Gasteiger partial charge in [-0.3, -0.25) is 0 Å². The average molecular weight is 286 g/mol. The average Bonchev–Trinajstić information content (AvgIpc) is 2.25. The van der Waals surface area contributed by atoms with Crippen molar-refractivity contribution in [1.29, 1.82) is 5.26 Å². The van der Waals surface area contributed by atoms with Crippen molar-refractivity contribution in [2.45, 2.75) is 6.36 Å². The van der Waals surface area contributed by atoms with Crippen molar-refractivity contribution in [2.24, 2.45) is 27.2 Å². The van der Waals surface area contributed by atoms with E-state index in [0.29, 0.717) is 0 Å². The van der Waals surface area contributed by atoms with Gasteiger partial charge in [0.15, 0.2) is 5.96 Å². The predicted octanol–water partition coefficient (Wildman–Crippen LogP) is 0.676. The fraction of sp³-hybridized carbons (Fsp3) is 0.100. The maximum absolute atomic E-state index is 12.1. The Morgan fingerprint density at radius 2 is 1.90 bits per heavy atom. The molecule has 106 valence electrons. The van der Waals surface area contributed by atoms with E-state index in [0.717, 1.165) is 18.2 Å². The zero-order valence-corrected chi connectivity index (χ0v) is 9.85. The molecule has 0 unspecified atom stereocenters. The van der Waals surface area contributed by atoms with Crippen LogP contribution in [0.2, 0.25) is 0 Å². The van der Waals surface area contributed by atoms with Crippen molar-refractivity contribution in [1.82, 2.24) is 0 Å². The Bertz CT molecular complexity index is 598. The first-order chi connectivity index (χ1) is 9.21. The van der Waals surface area contributed by atoms with Crippen LogP contribution in [0.3, 0.4) is 0 Å². The minimum absolute atomic E-state index is 0.0201. The molecule has 0 saturated heterocycles. The van der Waals surface area contributed by atoms with Crippen molar-refractivity contribution < 1.29 is 17.9 Å². The number of alkyl halides is 3. The molecule has 1 aromatic rings. The molecule has 0 aliphatic rings. The Morgan fingerprint density at radius 3 is 2.40 bits per heavy atom. The molecule has 0 amide bonds. The largest absolute Gasteiger partial charge is 0.573 e. The third-order valence-corrected chi connectivity index (χ3v) is 1.80. The normalized spacial score (nSPS) is 11.6. The van der Waals surface area contributed by atoms with E-state index in [1.54, 1.807) is 6.07 Å². The number of hydrogen-bond acceptors (Lipinski definition) is 3. The van der Waals surface area contributed by atoms with Crippen LogP contribution in [-0.2, 0) is 0 Å². The molecule has 0 bridgehead atoms. The Morgan fingerprint density at radius 1 is 1.25 bits per heavy atom. The zero-order valence-electron chi connectivity index (χ0n) is 9.85. The molecule has 0 aliphatic carbocycles. The van der Waals surface area contributed by atoms with Crippen LogP contribution in [0.25, 0.3) is 0 Å². The van der Waals surface area contributed by atoms with Crippen molar-refractivity contribution in [2.75, 3.05) is 0 Å². The summed E-state index contributed by atoms with van der Waals surface area (Å²) in [7, 11) is 0. The number of benzene rings is 1. The molecule has 0 spiro atoms. The van der Waals surface area contributed by atoms with Gasteiger partial charge >= 0.3 is 6.36 Å². The molecule has 1 rings (SSSR count). The quantitative estimate of drug-likeness (QED) is 0.542. The number of halogens is 3. The van der Waals surface area contributed by atoms with Gasteiger partial charge in [0.25, 0.3) is 0 Å². The Hall–Kier alpha value is -2.96. The van der Waals surface area contributed by atoms with Gasteiger partial charge < -0.3 is 21.9 Å². The van der Waals surface area contributed by atoms with Crippen molar-refractivity contribution in [3.63, 3.8) is 0 Å². The summed E-state index contributed by atoms with van der Waals surface area (Å²) < 4.78 is 40.0. The molecular weight excluding hydrogens is 277 g/mol. The van der Waals surface area contributed by atoms with E-state index < -0.39 is 18.1 Å². The summed E-state index contributed by atoms with van der Waals surface area (Å²) in [6.45, 7) is 0. The number of ether oxygens (including phenoxy) is 1. The lowest BCUT2D eigenvalue weighted by atomic mass is 10.2. The Labute approximate surface area is 111 Å². The van der Waals surface area contributed by atoms with Gasteiger partial charge in [-0.15, -0.1) is 13.2 Å². The summed E-state index contributed by atoms with van der Waals surface area (Å²) in [5.74, 6) is -1.34. The molecule has 6 N–H and O–H groups in total. The standard InChI is InChI=1S/C10H9F3N6O/c11-10(12,13)20-6-2-1-5(4-14)7(3-6)18-9(17)19-8(15)16/h1-3H,(H6,15,16,17,18,19). The molecule has 20 heavy (non-hydrogen) atoms. The van der Waals surface area contributed by atoms with Gasteiger partial charge in [0.1, 0.15) is 11.8 Å². The Balaban J connectivity index is 3.20. The smallest absolute Gasteiger partial charge is 0.406 e. The van der Waals surface area contributed by atoms with Crippen LogP contribution in [0, 0.1) is 11.3 Å². The zero-order chi connectivity index (χ0) is 15.3. The molecule has 0 aliphatic heterocycles. The first kappa shape index (κ1) is 15.1. The number of aliphatic imine (C=N–C) groups is 2. The van der Waals surface area contributed by atoms with Crippen LogP contribution in [0.4, 0.5) is 18.9 Å². The summed E-state index contributed by atoms with van der Waals surface area (Å²) in [4.78, 5) is 7.02. The molecule has 10 heteroatoms. The Kier molecular flexibility index (Phi) is 4.37. The predicted molar refractivity (Wildman–Crippen MR) is 64.9 cm³/mol. The second kappa shape index (κ2) is 5.79. The molecule has 0 atom stereocenters. The number of nitriles is 1. The third kappa shape index (κ3) is 4.73. The first-order valence-electron chi connectivity index (χ1n) is 4.95.